The Kier molecular flexibility index (Phi) is 5.86. The van der Waals surface area contributed by atoms with E-state index in [-0.39, 0.29) is 29.7 Å². The first-order chi connectivity index (χ1) is 11.5. The van der Waals surface area contributed by atoms with Crippen LogP contribution in [0.5, 0.6) is 5.75 Å². The third-order valence-electron chi connectivity index (χ3n) is 3.45. The van der Waals surface area contributed by atoms with Crippen molar-refractivity contribution in [3.05, 3.63) is 71.0 Å². The van der Waals surface area contributed by atoms with Crippen LogP contribution in [0.2, 0.25) is 0 Å². The van der Waals surface area contributed by atoms with Crippen LogP contribution < -0.4 is 4.74 Å². The summed E-state index contributed by atoms with van der Waals surface area (Å²) in [5.74, 6) is -0.122. The Morgan fingerprint density at radius 1 is 1.21 bits per heavy atom. The van der Waals surface area contributed by atoms with Crippen molar-refractivity contribution < 1.29 is 13.9 Å². The van der Waals surface area contributed by atoms with Crippen LogP contribution in [0.1, 0.15) is 25.0 Å². The molecule has 0 spiro atoms. The van der Waals surface area contributed by atoms with Gasteiger partial charge < -0.3 is 4.74 Å². The van der Waals surface area contributed by atoms with E-state index in [1.165, 1.54) is 6.07 Å². The number of hydrogen-bond donors (Lipinski definition) is 0. The van der Waals surface area contributed by atoms with E-state index in [0.717, 1.165) is 5.56 Å². The van der Waals surface area contributed by atoms with Gasteiger partial charge in [0, 0.05) is 11.5 Å². The molecule has 0 aliphatic carbocycles. The molecule has 0 aliphatic rings. The van der Waals surface area contributed by atoms with Crippen LogP contribution in [0.25, 0.3) is 6.08 Å². The maximum Gasteiger partial charge on any atom is 0.175 e. The van der Waals surface area contributed by atoms with Gasteiger partial charge in [0.15, 0.2) is 5.78 Å². The van der Waals surface area contributed by atoms with Crippen molar-refractivity contribution in [2.45, 2.75) is 20.5 Å². The number of hydrogen-bond acceptors (Lipinski definition) is 3. The minimum atomic E-state index is -0.303. The Hall–Kier alpha value is -2.93. The topological polar surface area (TPSA) is 50.1 Å². The number of ether oxygens (including phenoxy) is 1. The van der Waals surface area contributed by atoms with Crippen molar-refractivity contribution in [2.75, 3.05) is 0 Å². The minimum absolute atomic E-state index is 0.130. The highest BCUT2D eigenvalue weighted by Crippen LogP contribution is 2.18. The van der Waals surface area contributed by atoms with Gasteiger partial charge in [0.25, 0.3) is 0 Å². The minimum Gasteiger partial charge on any atom is -0.489 e. The summed E-state index contributed by atoms with van der Waals surface area (Å²) in [7, 11) is 0. The molecule has 122 valence electrons. The Labute approximate surface area is 141 Å². The Morgan fingerprint density at radius 2 is 1.88 bits per heavy atom. The fraction of sp³-hybridized carbons (Fsp3) is 0.200. The molecule has 2 rings (SSSR count). The molecule has 4 heteroatoms. The van der Waals surface area contributed by atoms with E-state index in [1.807, 2.05) is 6.07 Å². The number of rotatable bonds is 6. The van der Waals surface area contributed by atoms with E-state index in [4.69, 9.17) is 10.00 Å². The first kappa shape index (κ1) is 17.4. The Bertz CT molecular complexity index is 786. The summed E-state index contributed by atoms with van der Waals surface area (Å²) >= 11 is 0. The normalized spacial score (nSPS) is 11.2. The largest absolute Gasteiger partial charge is 0.489 e. The van der Waals surface area contributed by atoms with Gasteiger partial charge in [-0.25, -0.2) is 4.39 Å². The summed E-state index contributed by atoms with van der Waals surface area (Å²) in [4.78, 5) is 11.9. The number of carbonyl (C=O) groups excluding carboxylic acids is 1. The molecule has 0 amide bonds. The van der Waals surface area contributed by atoms with Crippen LogP contribution >= 0.6 is 0 Å². The van der Waals surface area contributed by atoms with Gasteiger partial charge in [-0.3, -0.25) is 4.79 Å². The van der Waals surface area contributed by atoms with E-state index in [9.17, 15) is 9.18 Å². The molecule has 2 aromatic carbocycles. The molecule has 0 aliphatic heterocycles. The average molecular weight is 323 g/mol. The fourth-order valence-corrected chi connectivity index (χ4v) is 2.07. The Balaban J connectivity index is 2.07. The smallest absolute Gasteiger partial charge is 0.175 e. The SMILES string of the molecule is CC(C)C(=O)C(C#N)=Cc1ccc(OCc2ccccc2F)cc1. The van der Waals surface area contributed by atoms with E-state index in [0.29, 0.717) is 11.3 Å². The highest BCUT2D eigenvalue weighted by molar-refractivity contribution is 6.04. The second-order valence-corrected chi connectivity index (χ2v) is 5.64. The van der Waals surface area contributed by atoms with Gasteiger partial charge in [0.05, 0.1) is 5.57 Å². The van der Waals surface area contributed by atoms with Crippen molar-refractivity contribution in [1.82, 2.24) is 0 Å². The van der Waals surface area contributed by atoms with Crippen LogP contribution in [-0.4, -0.2) is 5.78 Å². The lowest BCUT2D eigenvalue weighted by atomic mass is 10.00. The summed E-state index contributed by atoms with van der Waals surface area (Å²) in [6.45, 7) is 3.65. The standard InChI is InChI=1S/C20H18FNO2/c1-14(2)20(23)17(12-22)11-15-7-9-18(10-8-15)24-13-16-5-3-4-6-19(16)21/h3-11,14H,13H2,1-2H3. The molecule has 0 N–H and O–H groups in total. The second kappa shape index (κ2) is 8.07. The third-order valence-corrected chi connectivity index (χ3v) is 3.45. The van der Waals surface area contributed by atoms with Crippen molar-refractivity contribution in [3.63, 3.8) is 0 Å². The van der Waals surface area contributed by atoms with Crippen LogP contribution in [0.4, 0.5) is 4.39 Å². The number of nitriles is 1. The summed E-state index contributed by atoms with van der Waals surface area (Å²) in [6.07, 6.45) is 1.56. The van der Waals surface area contributed by atoms with Gasteiger partial charge in [-0.2, -0.15) is 5.26 Å². The summed E-state index contributed by atoms with van der Waals surface area (Å²) in [5.41, 5.74) is 1.35. The molecular formula is C20H18FNO2. The zero-order valence-corrected chi connectivity index (χ0v) is 13.6. The van der Waals surface area contributed by atoms with Crippen molar-refractivity contribution in [3.8, 4) is 11.8 Å². The average Bonchev–Trinajstić information content (AvgIpc) is 2.59. The number of nitrogens with zero attached hydrogens (tertiary/aromatic N) is 1. The summed E-state index contributed by atoms with van der Waals surface area (Å²) in [6, 6.07) is 15.3. The molecule has 0 heterocycles. The molecule has 0 saturated heterocycles. The van der Waals surface area contributed by atoms with E-state index in [1.54, 1.807) is 62.4 Å². The molecule has 0 fully saturated rings. The van der Waals surface area contributed by atoms with Crippen LogP contribution in [0, 0.1) is 23.1 Å². The predicted octanol–water partition coefficient (Wildman–Crippen LogP) is 4.54. The number of halogens is 1. The van der Waals surface area contributed by atoms with E-state index in [2.05, 4.69) is 0 Å². The maximum atomic E-state index is 13.5. The molecule has 0 aromatic heterocycles. The maximum absolute atomic E-state index is 13.5. The van der Waals surface area contributed by atoms with Gasteiger partial charge in [0.1, 0.15) is 24.2 Å². The van der Waals surface area contributed by atoms with Gasteiger partial charge in [-0.15, -0.1) is 0 Å². The molecule has 24 heavy (non-hydrogen) atoms. The predicted molar refractivity (Wildman–Crippen MR) is 90.6 cm³/mol. The third kappa shape index (κ3) is 4.53. The van der Waals surface area contributed by atoms with Crippen molar-refractivity contribution in [2.24, 2.45) is 5.92 Å². The van der Waals surface area contributed by atoms with Gasteiger partial charge in [-0.05, 0) is 29.8 Å². The van der Waals surface area contributed by atoms with Crippen molar-refractivity contribution in [1.29, 1.82) is 5.26 Å². The van der Waals surface area contributed by atoms with E-state index < -0.39 is 0 Å². The lowest BCUT2D eigenvalue weighted by Crippen LogP contribution is -2.08. The van der Waals surface area contributed by atoms with Crippen LogP contribution in [0.3, 0.4) is 0 Å². The first-order valence-electron chi connectivity index (χ1n) is 7.63. The first-order valence-corrected chi connectivity index (χ1v) is 7.63. The van der Waals surface area contributed by atoms with Gasteiger partial charge in [0.2, 0.25) is 0 Å². The number of benzene rings is 2. The second-order valence-electron chi connectivity index (χ2n) is 5.64. The molecule has 0 unspecified atom stereocenters. The summed E-state index contributed by atoms with van der Waals surface area (Å²) < 4.78 is 19.1. The van der Waals surface area contributed by atoms with Gasteiger partial charge >= 0.3 is 0 Å². The molecular weight excluding hydrogens is 305 g/mol. The number of allylic oxidation sites excluding steroid dienone is 1. The monoisotopic (exact) mass is 323 g/mol. The van der Waals surface area contributed by atoms with Crippen molar-refractivity contribution >= 4 is 11.9 Å². The molecule has 0 saturated carbocycles. The van der Waals surface area contributed by atoms with Crippen LogP contribution in [0.15, 0.2) is 54.1 Å². The van der Waals surface area contributed by atoms with E-state index >= 15 is 0 Å². The molecule has 0 bridgehead atoms. The zero-order chi connectivity index (χ0) is 17.5. The zero-order valence-electron chi connectivity index (χ0n) is 13.6. The number of ketones is 1. The summed E-state index contributed by atoms with van der Waals surface area (Å²) in [5, 5.41) is 9.10. The fourth-order valence-electron chi connectivity index (χ4n) is 2.07. The molecule has 2 aromatic rings. The molecule has 0 atom stereocenters. The Morgan fingerprint density at radius 3 is 2.46 bits per heavy atom. The molecule has 0 radical (unpaired) electrons. The lowest BCUT2D eigenvalue weighted by Gasteiger charge is -2.07. The number of carbonyl (C=O) groups is 1. The highest BCUT2D eigenvalue weighted by Gasteiger charge is 2.13. The quantitative estimate of drug-likeness (QED) is 0.579. The molecule has 3 nitrogen and oxygen atoms in total. The number of Topliss-reactive ketones (excluding diaryl/α,β-unsaturated/α-hetero) is 1. The van der Waals surface area contributed by atoms with Crippen LogP contribution in [-0.2, 0) is 11.4 Å². The van der Waals surface area contributed by atoms with Gasteiger partial charge in [-0.1, -0.05) is 44.2 Å². The highest BCUT2D eigenvalue weighted by atomic mass is 19.1. The lowest BCUT2D eigenvalue weighted by molar-refractivity contribution is -0.117.